The molecule has 0 heterocycles. The minimum Gasteiger partial charge on any atom is -0.490 e. The molecule has 2 aromatic carbocycles. The normalized spacial score (nSPS) is 19.0. The Balaban J connectivity index is 1.56. The van der Waals surface area contributed by atoms with Gasteiger partial charge in [0.1, 0.15) is 11.5 Å². The first kappa shape index (κ1) is 24.3. The average molecular weight is 479 g/mol. The van der Waals surface area contributed by atoms with Crippen molar-refractivity contribution in [1.82, 2.24) is 0 Å². The summed E-state index contributed by atoms with van der Waals surface area (Å²) >= 11 is 0. The van der Waals surface area contributed by atoms with Gasteiger partial charge in [-0.3, -0.25) is 0 Å². The van der Waals surface area contributed by atoms with E-state index in [4.69, 9.17) is 18.9 Å². The molecule has 0 bridgehead atoms. The van der Waals surface area contributed by atoms with Crippen LogP contribution in [0.15, 0.2) is 36.4 Å². The number of unbranched alkanes of at least 4 members (excludes halogenated alkanes) is 1. The molecule has 0 atom stereocenters. The Hall–Kier alpha value is -2.36. The topological polar surface area (TPSA) is 36.9 Å². The summed E-state index contributed by atoms with van der Waals surface area (Å²) in [5, 5.41) is 0. The Bertz CT molecular complexity index is 925. The van der Waals surface area contributed by atoms with Crippen molar-refractivity contribution >= 4 is 0 Å². The quantitative estimate of drug-likeness (QED) is 0.306. The maximum Gasteiger partial charge on any atom is 0.204 e. The van der Waals surface area contributed by atoms with Crippen LogP contribution in [-0.2, 0) is 6.42 Å². The second kappa shape index (κ2) is 12.1. The molecule has 3 saturated carbocycles. The molecule has 0 amide bonds. The lowest BCUT2D eigenvalue weighted by atomic mass is 9.97. The molecule has 2 aromatic rings. The van der Waals surface area contributed by atoms with E-state index in [1.165, 1.54) is 50.5 Å². The van der Waals surface area contributed by atoms with Crippen molar-refractivity contribution < 1.29 is 18.9 Å². The molecule has 4 heteroatoms. The molecule has 0 N–H and O–H groups in total. The molecule has 3 fully saturated rings. The molecular weight excluding hydrogens is 436 g/mol. The minimum absolute atomic E-state index is 0.235. The van der Waals surface area contributed by atoms with Gasteiger partial charge >= 0.3 is 0 Å². The molecule has 0 radical (unpaired) electrons. The van der Waals surface area contributed by atoms with Gasteiger partial charge in [-0.25, -0.2) is 0 Å². The van der Waals surface area contributed by atoms with Crippen molar-refractivity contribution in [2.45, 2.75) is 109 Å². The van der Waals surface area contributed by atoms with Crippen LogP contribution in [0.25, 0.3) is 0 Å². The number of benzene rings is 2. The van der Waals surface area contributed by atoms with E-state index < -0.39 is 0 Å². The van der Waals surface area contributed by atoms with E-state index in [0.29, 0.717) is 5.92 Å². The first-order valence-electron chi connectivity index (χ1n) is 14.2. The van der Waals surface area contributed by atoms with E-state index in [0.717, 1.165) is 80.3 Å². The van der Waals surface area contributed by atoms with Gasteiger partial charge in [0.15, 0.2) is 11.5 Å². The molecule has 4 nitrogen and oxygen atoms in total. The molecule has 190 valence electrons. The van der Waals surface area contributed by atoms with Gasteiger partial charge in [0, 0.05) is 11.6 Å². The maximum atomic E-state index is 6.87. The van der Waals surface area contributed by atoms with Crippen LogP contribution in [-0.4, -0.2) is 18.8 Å². The summed E-state index contributed by atoms with van der Waals surface area (Å²) in [6.07, 6.45) is 16.9. The van der Waals surface area contributed by atoms with Gasteiger partial charge in [-0.15, -0.1) is 0 Å². The van der Waals surface area contributed by atoms with E-state index in [2.05, 4.69) is 13.0 Å². The summed E-state index contributed by atoms with van der Waals surface area (Å²) in [4.78, 5) is 0. The van der Waals surface area contributed by atoms with Crippen LogP contribution in [0.5, 0.6) is 28.7 Å². The molecule has 0 aromatic heterocycles. The van der Waals surface area contributed by atoms with E-state index >= 15 is 0 Å². The fourth-order valence-corrected chi connectivity index (χ4v) is 5.30. The van der Waals surface area contributed by atoms with Crippen LogP contribution < -0.4 is 18.9 Å². The van der Waals surface area contributed by atoms with Crippen molar-refractivity contribution in [3.8, 4) is 28.7 Å². The summed E-state index contributed by atoms with van der Waals surface area (Å²) in [6.45, 7) is 2.97. The Kier molecular flexibility index (Phi) is 8.38. The third kappa shape index (κ3) is 6.65. The molecular formula is C31H42O4. The predicted molar refractivity (Wildman–Crippen MR) is 140 cm³/mol. The van der Waals surface area contributed by atoms with Crippen LogP contribution in [0.4, 0.5) is 0 Å². The third-order valence-corrected chi connectivity index (χ3v) is 7.61. The van der Waals surface area contributed by atoms with Gasteiger partial charge in [0.25, 0.3) is 0 Å². The Morgan fingerprint density at radius 1 is 0.743 bits per heavy atom. The van der Waals surface area contributed by atoms with Gasteiger partial charge in [-0.05, 0) is 95.1 Å². The number of hydrogen-bond acceptors (Lipinski definition) is 4. The zero-order valence-electron chi connectivity index (χ0n) is 21.4. The Morgan fingerprint density at radius 2 is 1.43 bits per heavy atom. The number of hydrogen-bond donors (Lipinski definition) is 0. The van der Waals surface area contributed by atoms with Gasteiger partial charge in [-0.2, -0.15) is 0 Å². The fourth-order valence-electron chi connectivity index (χ4n) is 5.30. The molecule has 0 spiro atoms. The highest BCUT2D eigenvalue weighted by Crippen LogP contribution is 2.50. The lowest BCUT2D eigenvalue weighted by Crippen LogP contribution is -2.22. The number of rotatable bonds is 12. The van der Waals surface area contributed by atoms with Crippen molar-refractivity contribution in [2.75, 3.05) is 6.61 Å². The van der Waals surface area contributed by atoms with Gasteiger partial charge in [0.2, 0.25) is 5.75 Å². The highest BCUT2D eigenvalue weighted by molar-refractivity contribution is 5.63. The average Bonchev–Trinajstić information content (AvgIpc) is 3.58. The first-order valence-corrected chi connectivity index (χ1v) is 14.2. The van der Waals surface area contributed by atoms with Crippen molar-refractivity contribution in [3.05, 3.63) is 42.0 Å². The van der Waals surface area contributed by atoms with E-state index in [1.807, 2.05) is 30.3 Å². The van der Waals surface area contributed by atoms with Crippen LogP contribution >= 0.6 is 0 Å². The van der Waals surface area contributed by atoms with E-state index in [1.54, 1.807) is 0 Å². The van der Waals surface area contributed by atoms with Crippen LogP contribution in [0, 0.1) is 5.92 Å². The number of para-hydroxylation sites is 1. The first-order chi connectivity index (χ1) is 17.3. The second-order valence-electron chi connectivity index (χ2n) is 10.7. The largest absolute Gasteiger partial charge is 0.490 e. The second-order valence-corrected chi connectivity index (χ2v) is 10.7. The van der Waals surface area contributed by atoms with Crippen LogP contribution in [0.3, 0.4) is 0 Å². The maximum absolute atomic E-state index is 6.87. The van der Waals surface area contributed by atoms with Gasteiger partial charge in [-0.1, -0.05) is 38.0 Å². The van der Waals surface area contributed by atoms with Gasteiger partial charge < -0.3 is 18.9 Å². The highest BCUT2D eigenvalue weighted by Gasteiger charge is 2.30. The third-order valence-electron chi connectivity index (χ3n) is 7.61. The zero-order valence-corrected chi connectivity index (χ0v) is 21.4. The Labute approximate surface area is 211 Å². The predicted octanol–water partition coefficient (Wildman–Crippen LogP) is 8.64. The van der Waals surface area contributed by atoms with Crippen molar-refractivity contribution in [2.24, 2.45) is 5.92 Å². The summed E-state index contributed by atoms with van der Waals surface area (Å²) in [7, 11) is 0. The fraction of sp³-hybridized carbons (Fsp3) is 0.613. The SMILES string of the molecule is CCCCc1c(OC2CCCC2)cc(Oc2ccccc2)c(OCC2CC2)c1OC1CCCCC1. The molecule has 0 aliphatic heterocycles. The summed E-state index contributed by atoms with van der Waals surface area (Å²) in [5.74, 6) is 4.76. The molecule has 5 rings (SSSR count). The van der Waals surface area contributed by atoms with E-state index in [-0.39, 0.29) is 12.2 Å². The lowest BCUT2D eigenvalue weighted by molar-refractivity contribution is 0.141. The monoisotopic (exact) mass is 478 g/mol. The molecule has 3 aliphatic carbocycles. The standard InChI is InChI=1S/C31H42O4/c1-2-3-18-27-28(33-24-16-10-11-17-24)21-29(34-25-12-6-4-7-13-25)31(32-22-23-19-20-23)30(27)35-26-14-8-5-9-15-26/h4,6-7,12-13,21,23-24,26H,2-3,5,8-11,14-20,22H2,1H3. The molecule has 35 heavy (non-hydrogen) atoms. The lowest BCUT2D eigenvalue weighted by Gasteiger charge is -2.28. The minimum atomic E-state index is 0.235. The number of ether oxygens (including phenoxy) is 4. The molecule has 0 unspecified atom stereocenters. The zero-order chi connectivity index (χ0) is 23.9. The summed E-state index contributed by atoms with van der Waals surface area (Å²) in [5.41, 5.74) is 1.18. The van der Waals surface area contributed by atoms with Crippen molar-refractivity contribution in [3.63, 3.8) is 0 Å². The Morgan fingerprint density at radius 3 is 2.11 bits per heavy atom. The summed E-state index contributed by atoms with van der Waals surface area (Å²) in [6, 6.07) is 12.1. The van der Waals surface area contributed by atoms with Crippen molar-refractivity contribution in [1.29, 1.82) is 0 Å². The van der Waals surface area contributed by atoms with Crippen LogP contribution in [0.2, 0.25) is 0 Å². The van der Waals surface area contributed by atoms with E-state index in [9.17, 15) is 0 Å². The summed E-state index contributed by atoms with van der Waals surface area (Å²) < 4.78 is 26.6. The smallest absolute Gasteiger partial charge is 0.204 e. The van der Waals surface area contributed by atoms with Gasteiger partial charge in [0.05, 0.1) is 18.8 Å². The highest BCUT2D eigenvalue weighted by atomic mass is 16.5. The molecule has 0 saturated heterocycles. The van der Waals surface area contributed by atoms with Crippen LogP contribution in [0.1, 0.15) is 96.0 Å². The molecule has 3 aliphatic rings.